The number of hydrogen-bond donors (Lipinski definition) is 15. The lowest BCUT2D eigenvalue weighted by Gasteiger charge is -2.71. The molecule has 0 aromatic carbocycles. The highest BCUT2D eigenvalue weighted by atomic mass is 16.8. The predicted octanol–water partition coefficient (Wildman–Crippen LogP) is -2.54. The van der Waals surface area contributed by atoms with Crippen molar-refractivity contribution in [2.24, 2.45) is 50.2 Å². The maximum absolute atomic E-state index is 15.2. The fourth-order valence-electron chi connectivity index (χ4n) is 17.5. The van der Waals surface area contributed by atoms with E-state index < -0.39 is 189 Å². The van der Waals surface area contributed by atoms with E-state index in [1.807, 2.05) is 6.92 Å². The van der Waals surface area contributed by atoms with Crippen molar-refractivity contribution in [3.05, 3.63) is 11.6 Å². The van der Waals surface area contributed by atoms with Crippen LogP contribution < -0.4 is 0 Å². The molecule has 26 nitrogen and oxygen atoms in total. The first-order valence-corrected chi connectivity index (χ1v) is 30.6. The van der Waals surface area contributed by atoms with Crippen LogP contribution >= 0.6 is 0 Å². The van der Waals surface area contributed by atoms with Gasteiger partial charge in [0, 0.05) is 5.41 Å². The normalized spacial score (nSPS) is 55.3. The summed E-state index contributed by atoms with van der Waals surface area (Å²) in [6.07, 6.45) is -29.6. The lowest BCUT2D eigenvalue weighted by Crippen LogP contribution is -2.67. The van der Waals surface area contributed by atoms with Gasteiger partial charge in [-0.3, -0.25) is 4.79 Å². The minimum atomic E-state index is -1.90. The van der Waals surface area contributed by atoms with Crippen LogP contribution in [0.3, 0.4) is 0 Å². The maximum atomic E-state index is 15.2. The van der Waals surface area contributed by atoms with Crippen molar-refractivity contribution in [1.82, 2.24) is 0 Å². The second-order valence-electron chi connectivity index (χ2n) is 28.5. The molecule has 5 aliphatic heterocycles. The van der Waals surface area contributed by atoms with Crippen LogP contribution in [0.25, 0.3) is 0 Å². The van der Waals surface area contributed by atoms with Gasteiger partial charge in [0.2, 0.25) is 6.29 Å². The van der Waals surface area contributed by atoms with Gasteiger partial charge in [-0.15, -0.1) is 0 Å². The molecule has 9 fully saturated rings. The monoisotopic (exact) mass is 1220 g/mol. The van der Waals surface area contributed by atoms with Crippen LogP contribution in [-0.4, -0.2) is 263 Å². The third-order valence-electron chi connectivity index (χ3n) is 23.2. The number of carbonyl (C=O) groups excluding carboxylic acids is 1. The molecule has 4 saturated carbocycles. The van der Waals surface area contributed by atoms with Gasteiger partial charge in [-0.1, -0.05) is 53.2 Å². The van der Waals surface area contributed by atoms with Crippen molar-refractivity contribution >= 4 is 5.97 Å². The summed E-state index contributed by atoms with van der Waals surface area (Å²) in [5.41, 5.74) is -1.93. The highest BCUT2D eigenvalue weighted by Crippen LogP contribution is 2.76. The van der Waals surface area contributed by atoms with Crippen LogP contribution in [0.1, 0.15) is 120 Å². The molecule has 10 rings (SSSR count). The summed E-state index contributed by atoms with van der Waals surface area (Å²) in [6, 6.07) is 0. The zero-order chi connectivity index (χ0) is 62.0. The molecule has 0 spiro atoms. The van der Waals surface area contributed by atoms with Crippen LogP contribution in [-0.2, 0) is 52.2 Å². The molecule has 5 heterocycles. The molecular weight excluding hydrogens is 1120 g/mol. The average molecular weight is 1220 g/mol. The fourth-order valence-corrected chi connectivity index (χ4v) is 17.5. The Bertz CT molecular complexity index is 2370. The smallest absolute Gasteiger partial charge is 0.315 e. The number of fused-ring (bicyclic) bond motifs is 7. The van der Waals surface area contributed by atoms with E-state index in [9.17, 15) is 76.6 Å². The van der Waals surface area contributed by atoms with E-state index in [1.165, 1.54) is 19.4 Å². The standard InChI is InChI=1S/C59H96O26/c1-24-34(63)38(67)42(71)49(78-24)83-46-29(20-60)80-48(45(74)41(46)70)77-22-30-37(66)40(69)44(73)51(81-30)85-53(75)59-17-15-54(3,4)19-27(59)26-9-10-32-55(5)13-12-33(56(6,23-61)31(55)11-14-58(32,8)57(26,7)16-18-59)82-52-47(36(65)28(62)21-76-52)84-50-43(72)39(68)35(64)25(2)79-50/h9,24-25,27-52,60-74H,10-23H2,1-8H3/t24-,25-,27+,28-,29+,30+,31+,32+,33-,34-,35-,36-,37+,38+,39+,40-,41+,42+,43+,44+,45+,46+,47+,48+,49-,50-,51-,52-,55-,56-,57+,58+,59-/m0/s1. The molecule has 488 valence electrons. The zero-order valence-electron chi connectivity index (χ0n) is 49.8. The molecule has 10 aliphatic rings. The highest BCUT2D eigenvalue weighted by molar-refractivity contribution is 5.79. The maximum Gasteiger partial charge on any atom is 0.315 e. The second-order valence-corrected chi connectivity index (χ2v) is 28.5. The number of allylic oxidation sites excluding steroid dienone is 2. The Morgan fingerprint density at radius 1 is 0.565 bits per heavy atom. The Hall–Kier alpha value is -1.75. The Balaban J connectivity index is 0.833. The number of esters is 1. The van der Waals surface area contributed by atoms with Gasteiger partial charge >= 0.3 is 5.97 Å². The number of aliphatic hydroxyl groups excluding tert-OH is 15. The van der Waals surface area contributed by atoms with Crippen LogP contribution in [0.15, 0.2) is 11.6 Å². The lowest BCUT2D eigenvalue weighted by molar-refractivity contribution is -0.365. The van der Waals surface area contributed by atoms with Crippen molar-refractivity contribution in [2.75, 3.05) is 26.4 Å². The average Bonchev–Trinajstić information content (AvgIpc) is 0.692. The van der Waals surface area contributed by atoms with Crippen LogP contribution in [0.4, 0.5) is 0 Å². The topological polar surface area (TPSA) is 413 Å². The van der Waals surface area contributed by atoms with Crippen molar-refractivity contribution < 1.29 is 129 Å². The van der Waals surface area contributed by atoms with Crippen LogP contribution in [0.5, 0.6) is 0 Å². The van der Waals surface area contributed by atoms with E-state index in [4.69, 9.17) is 47.4 Å². The largest absolute Gasteiger partial charge is 0.432 e. The summed E-state index contributed by atoms with van der Waals surface area (Å²) < 4.78 is 59.4. The van der Waals surface area contributed by atoms with Gasteiger partial charge in [-0.2, -0.15) is 0 Å². The lowest BCUT2D eigenvalue weighted by atomic mass is 9.33. The predicted molar refractivity (Wildman–Crippen MR) is 288 cm³/mol. The second kappa shape index (κ2) is 24.4. The minimum absolute atomic E-state index is 0.0670. The Kier molecular flexibility index (Phi) is 19.0. The third kappa shape index (κ3) is 11.1. The Labute approximate surface area is 494 Å². The first-order valence-electron chi connectivity index (χ1n) is 30.6. The molecular formula is C59H96O26. The number of hydrogen-bond acceptors (Lipinski definition) is 26. The summed E-state index contributed by atoms with van der Waals surface area (Å²) >= 11 is 0. The van der Waals surface area contributed by atoms with Gasteiger partial charge in [-0.05, 0) is 117 Å². The van der Waals surface area contributed by atoms with E-state index >= 15 is 4.79 Å². The van der Waals surface area contributed by atoms with Gasteiger partial charge in [0.15, 0.2) is 25.2 Å². The molecule has 85 heavy (non-hydrogen) atoms. The molecule has 0 bridgehead atoms. The molecule has 0 unspecified atom stereocenters. The SMILES string of the molecule is C[C@@H]1O[C@@H](O[C@H]2[C@H](O[C@H]3CC[C@@]4(C)[C@@H](CC[C@]5(C)[C@@H]4CC=C4[C@H]6CC(C)(C)CC[C@]6(C(=O)O[C@@H]6O[C@H](CO[C@@H]7O[C@H](CO)[C@@H](O[C@@H]8O[C@@H](C)[C@H](O)[C@@H](O)[C@H]8O)[C@H](O)[C@H]7O)[C@@H](O)[C@H](O)[C@H]6O)CC[C@]45C)[C@]3(C)CO)OC[C@H](O)[C@@H]2O)[C@H](O)[C@H](O)[C@H]1O. The van der Waals surface area contributed by atoms with E-state index in [0.717, 1.165) is 12.8 Å². The first-order chi connectivity index (χ1) is 39.8. The molecule has 0 radical (unpaired) electrons. The van der Waals surface area contributed by atoms with E-state index in [1.54, 1.807) is 0 Å². The van der Waals surface area contributed by atoms with Gasteiger partial charge in [0.25, 0.3) is 0 Å². The van der Waals surface area contributed by atoms with Crippen molar-refractivity contribution in [2.45, 2.75) is 273 Å². The quantitative estimate of drug-likeness (QED) is 0.0513. The van der Waals surface area contributed by atoms with Crippen LogP contribution in [0, 0.1) is 50.2 Å². The summed E-state index contributed by atoms with van der Waals surface area (Å²) in [5.74, 6) is -0.861. The van der Waals surface area contributed by atoms with Gasteiger partial charge in [0.1, 0.15) is 104 Å². The van der Waals surface area contributed by atoms with E-state index in [2.05, 4.69) is 40.7 Å². The number of ether oxygens (including phenoxy) is 10. The van der Waals surface area contributed by atoms with Gasteiger partial charge in [0.05, 0.1) is 50.2 Å². The van der Waals surface area contributed by atoms with Gasteiger partial charge in [-0.25, -0.2) is 0 Å². The van der Waals surface area contributed by atoms with E-state index in [0.29, 0.717) is 51.4 Å². The van der Waals surface area contributed by atoms with Crippen LogP contribution in [0.2, 0.25) is 0 Å². The Morgan fingerprint density at radius 3 is 1.76 bits per heavy atom. The molecule has 5 aliphatic carbocycles. The summed E-state index contributed by atoms with van der Waals surface area (Å²) in [7, 11) is 0. The molecule has 5 saturated heterocycles. The number of carbonyl (C=O) groups is 1. The molecule has 0 aromatic rings. The number of aliphatic hydroxyl groups is 15. The van der Waals surface area contributed by atoms with Gasteiger partial charge < -0.3 is 124 Å². The summed E-state index contributed by atoms with van der Waals surface area (Å²) in [5, 5.41) is 163. The van der Waals surface area contributed by atoms with E-state index in [-0.39, 0.29) is 47.2 Å². The summed E-state index contributed by atoms with van der Waals surface area (Å²) in [4.78, 5) is 15.2. The molecule has 26 heteroatoms. The highest BCUT2D eigenvalue weighted by Gasteiger charge is 2.71. The van der Waals surface area contributed by atoms with Crippen molar-refractivity contribution in [1.29, 1.82) is 0 Å². The molecule has 0 amide bonds. The van der Waals surface area contributed by atoms with Crippen molar-refractivity contribution in [3.63, 3.8) is 0 Å². The van der Waals surface area contributed by atoms with Crippen molar-refractivity contribution in [3.8, 4) is 0 Å². The minimum Gasteiger partial charge on any atom is -0.432 e. The third-order valence-corrected chi connectivity index (χ3v) is 23.2. The number of rotatable bonds is 13. The fraction of sp³-hybridized carbons (Fsp3) is 0.949. The first kappa shape index (κ1) is 66.2. The molecule has 33 atom stereocenters. The molecule has 0 aromatic heterocycles. The Morgan fingerprint density at radius 2 is 1.14 bits per heavy atom. The molecule has 15 N–H and O–H groups in total. The zero-order valence-corrected chi connectivity index (χ0v) is 49.8. The summed E-state index contributed by atoms with van der Waals surface area (Å²) in [6.45, 7) is 14.3.